The Morgan fingerprint density at radius 1 is 1.39 bits per heavy atom. The highest BCUT2D eigenvalue weighted by Gasteiger charge is 2.41. The molecule has 0 spiro atoms. The number of para-hydroxylation sites is 1. The number of ether oxygens (including phenoxy) is 1. The molecule has 0 bridgehead atoms. The molecule has 5 heteroatoms. The van der Waals surface area contributed by atoms with E-state index in [2.05, 4.69) is 12.2 Å². The van der Waals surface area contributed by atoms with E-state index in [1.807, 2.05) is 29.2 Å². The van der Waals surface area contributed by atoms with Gasteiger partial charge in [0, 0.05) is 25.6 Å². The quantitative estimate of drug-likeness (QED) is 0.877. The monoisotopic (exact) mass is 318 g/mol. The molecule has 1 heterocycles. The van der Waals surface area contributed by atoms with Crippen LogP contribution in [0.25, 0.3) is 0 Å². The fraction of sp³-hybridized carbons (Fsp3) is 0.556. The number of piperidine rings is 1. The average molecular weight is 318 g/mol. The zero-order chi connectivity index (χ0) is 16.8. The molecule has 0 saturated carbocycles. The molecule has 1 saturated heterocycles. The van der Waals surface area contributed by atoms with Gasteiger partial charge in [0.2, 0.25) is 11.8 Å². The van der Waals surface area contributed by atoms with Crippen molar-refractivity contribution in [1.29, 1.82) is 0 Å². The van der Waals surface area contributed by atoms with Crippen molar-refractivity contribution in [2.24, 2.45) is 5.92 Å². The molecule has 2 atom stereocenters. The Morgan fingerprint density at radius 2 is 2.13 bits per heavy atom. The van der Waals surface area contributed by atoms with Gasteiger partial charge in [-0.25, -0.2) is 0 Å². The minimum atomic E-state index is -0.265. The molecule has 1 aliphatic heterocycles. The van der Waals surface area contributed by atoms with Crippen molar-refractivity contribution in [1.82, 2.24) is 10.2 Å². The highest BCUT2D eigenvalue weighted by Crippen LogP contribution is 2.40. The maximum Gasteiger partial charge on any atom is 0.225 e. The first-order valence-electron chi connectivity index (χ1n) is 8.28. The van der Waals surface area contributed by atoms with Gasteiger partial charge in [-0.2, -0.15) is 0 Å². The Bertz CT molecular complexity index is 559. The van der Waals surface area contributed by atoms with Crippen LogP contribution >= 0.6 is 0 Å². The van der Waals surface area contributed by atoms with Gasteiger partial charge in [0.15, 0.2) is 0 Å². The summed E-state index contributed by atoms with van der Waals surface area (Å²) in [6, 6.07) is 7.40. The van der Waals surface area contributed by atoms with Crippen LogP contribution in [-0.2, 0) is 9.59 Å². The number of carbonyl (C=O) groups excluding carboxylic acids is 2. The summed E-state index contributed by atoms with van der Waals surface area (Å²) in [6.45, 7) is 2.77. The summed E-state index contributed by atoms with van der Waals surface area (Å²) in [4.78, 5) is 26.7. The number of hydrogen-bond acceptors (Lipinski definition) is 3. The lowest BCUT2D eigenvalue weighted by Gasteiger charge is -2.41. The molecule has 1 aromatic carbocycles. The van der Waals surface area contributed by atoms with Gasteiger partial charge in [-0.3, -0.25) is 9.59 Å². The Hall–Kier alpha value is -2.04. The van der Waals surface area contributed by atoms with Gasteiger partial charge in [0.1, 0.15) is 5.75 Å². The Balaban J connectivity index is 2.45. The number of benzene rings is 1. The lowest BCUT2D eigenvalue weighted by molar-refractivity contribution is -0.143. The number of methoxy groups -OCH3 is 1. The van der Waals surface area contributed by atoms with Crippen LogP contribution in [0.15, 0.2) is 24.3 Å². The highest BCUT2D eigenvalue weighted by molar-refractivity contribution is 5.85. The molecule has 0 aliphatic carbocycles. The first-order chi connectivity index (χ1) is 11.1. The minimum Gasteiger partial charge on any atom is -0.496 e. The van der Waals surface area contributed by atoms with Crippen LogP contribution in [-0.4, -0.2) is 37.4 Å². The minimum absolute atomic E-state index is 0.0186. The fourth-order valence-corrected chi connectivity index (χ4v) is 3.30. The average Bonchev–Trinajstić information content (AvgIpc) is 2.59. The van der Waals surface area contributed by atoms with E-state index in [-0.39, 0.29) is 23.8 Å². The molecule has 1 fully saturated rings. The van der Waals surface area contributed by atoms with Crippen molar-refractivity contribution < 1.29 is 14.3 Å². The SMILES string of the molecule is CCCCN1C(=O)CC[C@@H](C(=O)NC)[C@H]1c1ccccc1OC. The fourth-order valence-electron chi connectivity index (χ4n) is 3.30. The number of likely N-dealkylation sites (tertiary alicyclic amines) is 1. The van der Waals surface area contributed by atoms with Gasteiger partial charge < -0.3 is 15.0 Å². The lowest BCUT2D eigenvalue weighted by Crippen LogP contribution is -2.48. The molecule has 1 N–H and O–H groups in total. The molecule has 126 valence electrons. The molecule has 0 aromatic heterocycles. The smallest absolute Gasteiger partial charge is 0.225 e. The van der Waals surface area contributed by atoms with Gasteiger partial charge >= 0.3 is 0 Å². The zero-order valence-corrected chi connectivity index (χ0v) is 14.2. The summed E-state index contributed by atoms with van der Waals surface area (Å²) in [5.74, 6) is 0.581. The molecule has 5 nitrogen and oxygen atoms in total. The Morgan fingerprint density at radius 3 is 2.78 bits per heavy atom. The summed E-state index contributed by atoms with van der Waals surface area (Å²) in [5.41, 5.74) is 0.910. The summed E-state index contributed by atoms with van der Waals surface area (Å²) in [5, 5.41) is 2.75. The topological polar surface area (TPSA) is 58.6 Å². The van der Waals surface area contributed by atoms with Gasteiger partial charge in [-0.1, -0.05) is 31.5 Å². The van der Waals surface area contributed by atoms with Crippen LogP contribution in [0.1, 0.15) is 44.2 Å². The van der Waals surface area contributed by atoms with Gasteiger partial charge in [-0.15, -0.1) is 0 Å². The molecule has 23 heavy (non-hydrogen) atoms. The Labute approximate surface area is 138 Å². The van der Waals surface area contributed by atoms with Crippen LogP contribution in [0.3, 0.4) is 0 Å². The van der Waals surface area contributed by atoms with E-state index in [4.69, 9.17) is 4.74 Å². The van der Waals surface area contributed by atoms with Crippen molar-refractivity contribution in [2.45, 2.75) is 38.6 Å². The maximum absolute atomic E-state index is 12.5. The standard InChI is InChI=1S/C18H26N2O3/c1-4-5-12-20-16(21)11-10-14(18(22)19-2)17(20)13-8-6-7-9-15(13)23-3/h6-9,14,17H,4-5,10-12H2,1-3H3,(H,19,22)/t14-,17-/m1/s1. The van der Waals surface area contributed by atoms with E-state index >= 15 is 0 Å². The largest absolute Gasteiger partial charge is 0.496 e. The summed E-state index contributed by atoms with van der Waals surface area (Å²) >= 11 is 0. The predicted octanol–water partition coefficient (Wildman–Crippen LogP) is 2.52. The number of nitrogens with one attached hydrogen (secondary N) is 1. The van der Waals surface area contributed by atoms with E-state index in [9.17, 15) is 9.59 Å². The maximum atomic E-state index is 12.5. The number of amides is 2. The predicted molar refractivity (Wildman–Crippen MR) is 89.1 cm³/mol. The Kier molecular flexibility index (Phi) is 6.02. The number of rotatable bonds is 6. The number of unbranched alkanes of at least 4 members (excludes halogenated alkanes) is 1. The van der Waals surface area contributed by atoms with E-state index < -0.39 is 0 Å². The van der Waals surface area contributed by atoms with Gasteiger partial charge in [0.05, 0.1) is 19.1 Å². The van der Waals surface area contributed by atoms with Crippen molar-refractivity contribution in [3.63, 3.8) is 0 Å². The molecular weight excluding hydrogens is 292 g/mol. The first kappa shape index (κ1) is 17.3. The second-order valence-electron chi connectivity index (χ2n) is 5.89. The highest BCUT2D eigenvalue weighted by atomic mass is 16.5. The van der Waals surface area contributed by atoms with Crippen LogP contribution < -0.4 is 10.1 Å². The zero-order valence-electron chi connectivity index (χ0n) is 14.2. The number of hydrogen-bond donors (Lipinski definition) is 1. The lowest BCUT2D eigenvalue weighted by atomic mass is 9.83. The first-order valence-corrected chi connectivity index (χ1v) is 8.28. The molecule has 0 unspecified atom stereocenters. The van der Waals surface area contributed by atoms with Crippen molar-refractivity contribution in [3.05, 3.63) is 29.8 Å². The number of carbonyl (C=O) groups is 2. The third kappa shape index (κ3) is 3.66. The third-order valence-electron chi connectivity index (χ3n) is 4.50. The van der Waals surface area contributed by atoms with Gasteiger partial charge in [-0.05, 0) is 18.9 Å². The van der Waals surface area contributed by atoms with Crippen molar-refractivity contribution in [2.75, 3.05) is 20.7 Å². The van der Waals surface area contributed by atoms with Crippen LogP contribution in [0.2, 0.25) is 0 Å². The second kappa shape index (κ2) is 7.99. The summed E-state index contributed by atoms with van der Waals surface area (Å²) < 4.78 is 5.48. The van der Waals surface area contributed by atoms with Crippen LogP contribution in [0, 0.1) is 5.92 Å². The van der Waals surface area contributed by atoms with E-state index in [1.54, 1.807) is 14.2 Å². The second-order valence-corrected chi connectivity index (χ2v) is 5.89. The van der Waals surface area contributed by atoms with E-state index in [1.165, 1.54) is 0 Å². The summed E-state index contributed by atoms with van der Waals surface area (Å²) in [6.07, 6.45) is 2.93. The molecule has 2 amide bonds. The third-order valence-corrected chi connectivity index (χ3v) is 4.50. The number of nitrogens with zero attached hydrogens (tertiary/aromatic N) is 1. The van der Waals surface area contributed by atoms with Gasteiger partial charge in [0.25, 0.3) is 0 Å². The molecule has 2 rings (SSSR count). The normalized spacial score (nSPS) is 21.2. The van der Waals surface area contributed by atoms with Crippen LogP contribution in [0.4, 0.5) is 0 Å². The molecular formula is C18H26N2O3. The molecule has 1 aliphatic rings. The van der Waals surface area contributed by atoms with Crippen molar-refractivity contribution in [3.8, 4) is 5.75 Å². The molecule has 1 aromatic rings. The summed E-state index contributed by atoms with van der Waals surface area (Å²) in [7, 11) is 3.27. The van der Waals surface area contributed by atoms with E-state index in [0.29, 0.717) is 19.4 Å². The van der Waals surface area contributed by atoms with Crippen molar-refractivity contribution >= 4 is 11.8 Å². The van der Waals surface area contributed by atoms with Crippen LogP contribution in [0.5, 0.6) is 5.75 Å². The molecule has 0 radical (unpaired) electrons. The van der Waals surface area contributed by atoms with E-state index in [0.717, 1.165) is 24.2 Å².